The summed E-state index contributed by atoms with van der Waals surface area (Å²) in [6.07, 6.45) is 0. The highest BCUT2D eigenvalue weighted by Gasteiger charge is 2.24. The summed E-state index contributed by atoms with van der Waals surface area (Å²) >= 11 is 0. The van der Waals surface area contributed by atoms with Crippen LogP contribution >= 0.6 is 0 Å². The van der Waals surface area contributed by atoms with E-state index in [0.717, 1.165) is 39.3 Å². The van der Waals surface area contributed by atoms with Gasteiger partial charge in [0.15, 0.2) is 6.61 Å². The summed E-state index contributed by atoms with van der Waals surface area (Å²) in [4.78, 5) is 12.4. The van der Waals surface area contributed by atoms with E-state index in [1.54, 1.807) is 0 Å². The Morgan fingerprint density at radius 2 is 1.52 bits per heavy atom. The Morgan fingerprint density at radius 3 is 2.10 bits per heavy atom. The van der Waals surface area contributed by atoms with Crippen LogP contribution in [0.2, 0.25) is 0 Å². The van der Waals surface area contributed by atoms with Crippen molar-refractivity contribution in [2.24, 2.45) is 5.10 Å². The van der Waals surface area contributed by atoms with Gasteiger partial charge in [0.25, 0.3) is 5.91 Å². The SMILES string of the molecule is Cc1ccc(OCC(=O)NN=C2c3ccccc3-c3ccccc32)c(C(C)C)c1. The van der Waals surface area contributed by atoms with Gasteiger partial charge >= 0.3 is 0 Å². The summed E-state index contributed by atoms with van der Waals surface area (Å²) in [6.45, 7) is 6.20. The maximum Gasteiger partial charge on any atom is 0.277 e. The Balaban J connectivity index is 1.50. The van der Waals surface area contributed by atoms with Gasteiger partial charge in [0.05, 0.1) is 5.71 Å². The predicted molar refractivity (Wildman–Crippen MR) is 116 cm³/mol. The zero-order valence-corrected chi connectivity index (χ0v) is 16.9. The van der Waals surface area contributed by atoms with E-state index in [2.05, 4.69) is 49.5 Å². The molecule has 0 saturated heterocycles. The van der Waals surface area contributed by atoms with Crippen LogP contribution in [0.25, 0.3) is 11.1 Å². The van der Waals surface area contributed by atoms with E-state index in [-0.39, 0.29) is 12.5 Å². The molecule has 1 amide bonds. The van der Waals surface area contributed by atoms with E-state index in [1.165, 1.54) is 5.56 Å². The smallest absolute Gasteiger partial charge is 0.277 e. The predicted octanol–water partition coefficient (Wildman–Crippen LogP) is 5.05. The molecule has 0 unspecified atom stereocenters. The summed E-state index contributed by atoms with van der Waals surface area (Å²) in [5.41, 5.74) is 10.0. The van der Waals surface area contributed by atoms with Crippen molar-refractivity contribution in [1.29, 1.82) is 0 Å². The van der Waals surface area contributed by atoms with Gasteiger partial charge in [-0.3, -0.25) is 4.79 Å². The molecule has 0 atom stereocenters. The van der Waals surface area contributed by atoms with Crippen molar-refractivity contribution in [2.45, 2.75) is 26.7 Å². The summed E-state index contributed by atoms with van der Waals surface area (Å²) < 4.78 is 5.79. The average Bonchev–Trinajstić information content (AvgIpc) is 3.05. The molecule has 1 aliphatic carbocycles. The van der Waals surface area contributed by atoms with Gasteiger partial charge in [0, 0.05) is 11.1 Å². The van der Waals surface area contributed by atoms with E-state index < -0.39 is 0 Å². The zero-order valence-electron chi connectivity index (χ0n) is 16.9. The number of hydrogen-bond donors (Lipinski definition) is 1. The number of hydrogen-bond acceptors (Lipinski definition) is 3. The van der Waals surface area contributed by atoms with Crippen molar-refractivity contribution in [2.75, 3.05) is 6.61 Å². The van der Waals surface area contributed by atoms with Gasteiger partial charge in [-0.15, -0.1) is 0 Å². The van der Waals surface area contributed by atoms with Crippen LogP contribution in [0.4, 0.5) is 0 Å². The molecule has 4 rings (SSSR count). The van der Waals surface area contributed by atoms with Crippen LogP contribution in [0, 0.1) is 6.92 Å². The molecule has 4 nitrogen and oxygen atoms in total. The van der Waals surface area contributed by atoms with E-state index in [0.29, 0.717) is 5.92 Å². The quantitative estimate of drug-likeness (QED) is 0.490. The molecule has 1 aliphatic rings. The van der Waals surface area contributed by atoms with Crippen molar-refractivity contribution in [3.05, 3.63) is 89.0 Å². The number of carbonyl (C=O) groups is 1. The minimum absolute atomic E-state index is 0.0805. The van der Waals surface area contributed by atoms with Gasteiger partial charge in [-0.2, -0.15) is 5.10 Å². The molecule has 29 heavy (non-hydrogen) atoms. The fraction of sp³-hybridized carbons (Fsp3) is 0.200. The fourth-order valence-electron chi connectivity index (χ4n) is 3.66. The summed E-state index contributed by atoms with van der Waals surface area (Å²) in [7, 11) is 0. The molecule has 0 aliphatic heterocycles. The van der Waals surface area contributed by atoms with Crippen molar-refractivity contribution >= 4 is 11.6 Å². The van der Waals surface area contributed by atoms with Crippen molar-refractivity contribution < 1.29 is 9.53 Å². The van der Waals surface area contributed by atoms with Gasteiger partial charge in [-0.05, 0) is 35.6 Å². The van der Waals surface area contributed by atoms with Crippen molar-refractivity contribution in [3.63, 3.8) is 0 Å². The van der Waals surface area contributed by atoms with Crippen LogP contribution in [0.15, 0.2) is 71.8 Å². The number of amides is 1. The third-order valence-electron chi connectivity index (χ3n) is 5.09. The van der Waals surface area contributed by atoms with Crippen molar-refractivity contribution in [3.8, 4) is 16.9 Å². The van der Waals surface area contributed by atoms with Gasteiger partial charge in [-0.25, -0.2) is 5.43 Å². The molecule has 0 spiro atoms. The summed E-state index contributed by atoms with van der Waals surface area (Å²) in [5.74, 6) is 0.777. The first-order chi connectivity index (χ1) is 14.0. The van der Waals surface area contributed by atoms with E-state index in [1.807, 2.05) is 48.5 Å². The molecule has 3 aromatic carbocycles. The molecule has 0 bridgehead atoms. The molecular formula is C25H24N2O2. The molecular weight excluding hydrogens is 360 g/mol. The van der Waals surface area contributed by atoms with Crippen LogP contribution in [0.1, 0.15) is 42.0 Å². The Labute approximate surface area is 171 Å². The molecule has 0 fully saturated rings. The standard InChI is InChI=1S/C25H24N2O2/c1-16(2)22-14-17(3)12-13-23(22)29-15-24(28)26-27-25-20-10-6-4-8-18(20)19-9-5-7-11-21(19)25/h4-14,16H,15H2,1-3H3,(H,26,28). The lowest BCUT2D eigenvalue weighted by Crippen LogP contribution is -2.26. The number of rotatable bonds is 5. The number of fused-ring (bicyclic) bond motifs is 3. The van der Waals surface area contributed by atoms with E-state index >= 15 is 0 Å². The monoisotopic (exact) mass is 384 g/mol. The van der Waals surface area contributed by atoms with Crippen LogP contribution in [0.5, 0.6) is 5.75 Å². The summed E-state index contributed by atoms with van der Waals surface area (Å²) in [6, 6.07) is 22.2. The Morgan fingerprint density at radius 1 is 0.931 bits per heavy atom. The molecule has 0 radical (unpaired) electrons. The second-order valence-corrected chi connectivity index (χ2v) is 7.57. The topological polar surface area (TPSA) is 50.7 Å². The Kier molecular flexibility index (Phi) is 5.17. The van der Waals surface area contributed by atoms with Crippen LogP contribution < -0.4 is 10.2 Å². The van der Waals surface area contributed by atoms with Crippen molar-refractivity contribution in [1.82, 2.24) is 5.43 Å². The molecule has 0 heterocycles. The maximum atomic E-state index is 12.4. The van der Waals surface area contributed by atoms with Crippen LogP contribution in [-0.2, 0) is 4.79 Å². The zero-order chi connectivity index (χ0) is 20.4. The number of carbonyl (C=O) groups excluding carboxylic acids is 1. The number of ether oxygens (including phenoxy) is 1. The number of hydrazone groups is 1. The lowest BCUT2D eigenvalue weighted by molar-refractivity contribution is -0.123. The third-order valence-corrected chi connectivity index (χ3v) is 5.09. The third kappa shape index (κ3) is 3.79. The minimum Gasteiger partial charge on any atom is -0.483 e. The second kappa shape index (κ2) is 7.92. The number of aryl methyl sites for hydroxylation is 1. The van der Waals surface area contributed by atoms with Gasteiger partial charge < -0.3 is 4.74 Å². The normalized spacial score (nSPS) is 11.8. The summed E-state index contributed by atoms with van der Waals surface area (Å²) in [5, 5.41) is 4.43. The number of benzene rings is 3. The van der Waals surface area contributed by atoms with E-state index in [9.17, 15) is 4.79 Å². The lowest BCUT2D eigenvalue weighted by atomic mass is 10.00. The second-order valence-electron chi connectivity index (χ2n) is 7.57. The highest BCUT2D eigenvalue weighted by molar-refractivity contribution is 6.24. The molecule has 0 aromatic heterocycles. The number of nitrogens with zero attached hydrogens (tertiary/aromatic N) is 1. The fourth-order valence-corrected chi connectivity index (χ4v) is 3.66. The highest BCUT2D eigenvalue weighted by Crippen LogP contribution is 2.36. The van der Waals surface area contributed by atoms with Gasteiger partial charge in [0.2, 0.25) is 0 Å². The lowest BCUT2D eigenvalue weighted by Gasteiger charge is -2.14. The van der Waals surface area contributed by atoms with Crippen LogP contribution in [-0.4, -0.2) is 18.2 Å². The average molecular weight is 384 g/mol. The van der Waals surface area contributed by atoms with Gasteiger partial charge in [0.1, 0.15) is 5.75 Å². The maximum absolute atomic E-state index is 12.4. The first-order valence-electron chi connectivity index (χ1n) is 9.83. The number of nitrogens with one attached hydrogen (secondary N) is 1. The Hall–Kier alpha value is -3.40. The molecule has 3 aromatic rings. The molecule has 146 valence electrons. The largest absolute Gasteiger partial charge is 0.483 e. The first-order valence-corrected chi connectivity index (χ1v) is 9.83. The molecule has 0 saturated carbocycles. The highest BCUT2D eigenvalue weighted by atomic mass is 16.5. The minimum atomic E-state index is -0.283. The Bertz CT molecular complexity index is 1050. The molecule has 1 N–H and O–H groups in total. The van der Waals surface area contributed by atoms with Gasteiger partial charge in [-0.1, -0.05) is 80.1 Å². The van der Waals surface area contributed by atoms with Crippen LogP contribution in [0.3, 0.4) is 0 Å². The first kappa shape index (κ1) is 18.9. The van der Waals surface area contributed by atoms with E-state index in [4.69, 9.17) is 4.74 Å². The molecule has 4 heteroatoms.